The number of sulfonamides is 1. The Morgan fingerprint density at radius 1 is 0.943 bits per heavy atom. The van der Waals surface area contributed by atoms with Crippen LogP contribution in [0.3, 0.4) is 0 Å². The molecule has 1 amide bonds. The van der Waals surface area contributed by atoms with E-state index in [1.165, 1.54) is 18.2 Å². The average molecular weight is 512 g/mol. The van der Waals surface area contributed by atoms with E-state index in [0.717, 1.165) is 5.56 Å². The van der Waals surface area contributed by atoms with Gasteiger partial charge in [-0.1, -0.05) is 6.07 Å². The maximum atomic E-state index is 12.9. The lowest BCUT2D eigenvalue weighted by Crippen LogP contribution is -2.32. The van der Waals surface area contributed by atoms with Crippen molar-refractivity contribution >= 4 is 38.9 Å². The highest BCUT2D eigenvalue weighted by molar-refractivity contribution is 7.92. The first kappa shape index (κ1) is 24.4. The van der Waals surface area contributed by atoms with Crippen LogP contribution in [0, 0.1) is 5.41 Å². The number of halogens is 1. The molecular formula is C24H22ClN5O4S. The van der Waals surface area contributed by atoms with Crippen LogP contribution in [0.25, 0.3) is 22.9 Å². The summed E-state index contributed by atoms with van der Waals surface area (Å²) in [5, 5.41) is 10.8. The number of pyridine rings is 1. The van der Waals surface area contributed by atoms with Gasteiger partial charge in [0.1, 0.15) is 0 Å². The molecule has 0 unspecified atom stereocenters. The molecular weight excluding hydrogens is 490 g/mol. The molecule has 2 aromatic carbocycles. The maximum Gasteiger partial charge on any atom is 0.261 e. The minimum absolute atomic E-state index is 0.0489. The first-order valence-corrected chi connectivity index (χ1v) is 12.5. The second-order valence-corrected chi connectivity index (χ2v) is 10.3. The fraction of sp³-hybridized carbons (Fsp3) is 0.167. The van der Waals surface area contributed by atoms with E-state index in [9.17, 15) is 13.2 Å². The van der Waals surface area contributed by atoms with Gasteiger partial charge in [-0.05, 0) is 68.4 Å². The summed E-state index contributed by atoms with van der Waals surface area (Å²) in [7, 11) is -3.89. The van der Waals surface area contributed by atoms with Crippen molar-refractivity contribution in [3.05, 3.63) is 73.1 Å². The minimum atomic E-state index is -3.89. The smallest absolute Gasteiger partial charge is 0.261 e. The number of nitrogens with zero attached hydrogens (tertiary/aromatic N) is 3. The first-order chi connectivity index (χ1) is 16.7. The van der Waals surface area contributed by atoms with Gasteiger partial charge in [0.15, 0.2) is 0 Å². The molecule has 9 nitrogen and oxygen atoms in total. The molecule has 0 saturated heterocycles. The van der Waals surface area contributed by atoms with Gasteiger partial charge in [0.05, 0.1) is 16.0 Å². The van der Waals surface area contributed by atoms with E-state index < -0.39 is 15.4 Å². The number of nitrogens with one attached hydrogen (secondary N) is 2. The molecule has 0 fully saturated rings. The van der Waals surface area contributed by atoms with Crippen LogP contribution in [-0.2, 0) is 14.8 Å². The van der Waals surface area contributed by atoms with Crippen LogP contribution in [0.5, 0.6) is 0 Å². The molecule has 0 aliphatic carbocycles. The van der Waals surface area contributed by atoms with Crippen LogP contribution in [0.15, 0.2) is 82.4 Å². The number of hydrogen-bond donors (Lipinski definition) is 2. The van der Waals surface area contributed by atoms with E-state index in [4.69, 9.17) is 16.0 Å². The van der Waals surface area contributed by atoms with Crippen molar-refractivity contribution < 1.29 is 17.6 Å². The van der Waals surface area contributed by atoms with E-state index >= 15 is 0 Å². The van der Waals surface area contributed by atoms with Crippen molar-refractivity contribution in [3.63, 3.8) is 0 Å². The third-order valence-corrected chi connectivity index (χ3v) is 7.15. The fourth-order valence-electron chi connectivity index (χ4n) is 2.96. The Bertz CT molecular complexity index is 1440. The topological polar surface area (TPSA) is 127 Å². The maximum absolute atomic E-state index is 12.9. The molecule has 11 heteroatoms. The van der Waals surface area contributed by atoms with E-state index in [1.54, 1.807) is 68.7 Å². The zero-order chi connectivity index (χ0) is 25.1. The van der Waals surface area contributed by atoms with Crippen LogP contribution < -0.4 is 10.0 Å². The van der Waals surface area contributed by atoms with Gasteiger partial charge in [-0.2, -0.15) is 0 Å². The molecule has 0 aliphatic heterocycles. The van der Waals surface area contributed by atoms with E-state index in [1.807, 2.05) is 0 Å². The van der Waals surface area contributed by atoms with Gasteiger partial charge in [-0.15, -0.1) is 21.8 Å². The highest BCUT2D eigenvalue weighted by Crippen LogP contribution is 2.26. The van der Waals surface area contributed by atoms with Crippen molar-refractivity contribution in [2.24, 2.45) is 5.41 Å². The Labute approximate surface area is 207 Å². The average Bonchev–Trinajstić information content (AvgIpc) is 3.35. The molecule has 0 aliphatic rings. The van der Waals surface area contributed by atoms with Gasteiger partial charge in [0.25, 0.3) is 10.0 Å². The molecule has 0 atom stereocenters. The van der Waals surface area contributed by atoms with Crippen molar-refractivity contribution in [2.45, 2.75) is 18.7 Å². The number of carbonyl (C=O) groups excluding carboxylic acids is 1. The summed E-state index contributed by atoms with van der Waals surface area (Å²) >= 11 is 5.85. The van der Waals surface area contributed by atoms with Crippen LogP contribution in [0.1, 0.15) is 13.8 Å². The van der Waals surface area contributed by atoms with E-state index in [2.05, 4.69) is 25.2 Å². The van der Waals surface area contributed by atoms with E-state index in [-0.39, 0.29) is 22.6 Å². The van der Waals surface area contributed by atoms with Gasteiger partial charge < -0.3 is 9.73 Å². The lowest BCUT2D eigenvalue weighted by Gasteiger charge is -2.20. The lowest BCUT2D eigenvalue weighted by atomic mass is 9.95. The van der Waals surface area contributed by atoms with Crippen molar-refractivity contribution in [1.82, 2.24) is 15.2 Å². The van der Waals surface area contributed by atoms with Crippen LogP contribution in [-0.4, -0.2) is 35.4 Å². The monoisotopic (exact) mass is 511 g/mol. The van der Waals surface area contributed by atoms with Gasteiger partial charge in [-0.25, -0.2) is 8.42 Å². The Morgan fingerprint density at radius 2 is 1.54 bits per heavy atom. The van der Waals surface area contributed by atoms with Crippen molar-refractivity contribution in [3.8, 4) is 22.9 Å². The normalized spacial score (nSPS) is 11.7. The van der Waals surface area contributed by atoms with Gasteiger partial charge in [0, 0.05) is 35.1 Å². The van der Waals surface area contributed by atoms with Crippen molar-refractivity contribution in [1.29, 1.82) is 0 Å². The molecule has 0 saturated carbocycles. The zero-order valence-corrected chi connectivity index (χ0v) is 20.5. The Morgan fingerprint density at radius 3 is 2.17 bits per heavy atom. The van der Waals surface area contributed by atoms with Crippen molar-refractivity contribution in [2.75, 3.05) is 15.9 Å². The molecule has 0 radical (unpaired) electrons. The van der Waals surface area contributed by atoms with Gasteiger partial charge in [-0.3, -0.25) is 14.5 Å². The Balaban J connectivity index is 1.48. The number of aromatic nitrogens is 3. The first-order valence-electron chi connectivity index (χ1n) is 10.5. The molecule has 4 aromatic rings. The Hall–Kier alpha value is -3.76. The number of benzene rings is 2. The highest BCUT2D eigenvalue weighted by Gasteiger charge is 2.26. The summed E-state index contributed by atoms with van der Waals surface area (Å²) in [6, 6.07) is 16.0. The quantitative estimate of drug-likeness (QED) is 0.325. The molecule has 35 heavy (non-hydrogen) atoms. The fourth-order valence-corrected chi connectivity index (χ4v) is 4.13. The summed E-state index contributed by atoms with van der Waals surface area (Å²) in [5.74, 6) is 0.478. The number of anilines is 2. The molecule has 0 bridgehead atoms. The number of alkyl halides is 1. The predicted octanol–water partition coefficient (Wildman–Crippen LogP) is 4.80. The molecule has 2 aromatic heterocycles. The molecule has 0 spiro atoms. The van der Waals surface area contributed by atoms with Crippen LogP contribution in [0.2, 0.25) is 0 Å². The van der Waals surface area contributed by atoms with Gasteiger partial charge in [0.2, 0.25) is 17.7 Å². The minimum Gasteiger partial charge on any atom is -0.416 e. The second kappa shape index (κ2) is 9.85. The molecule has 2 heterocycles. The summed E-state index contributed by atoms with van der Waals surface area (Å²) in [5.41, 5.74) is 1.28. The van der Waals surface area contributed by atoms with E-state index in [0.29, 0.717) is 22.8 Å². The third kappa shape index (κ3) is 5.67. The summed E-state index contributed by atoms with van der Waals surface area (Å²) in [4.78, 5) is 16.4. The number of hydrogen-bond acceptors (Lipinski definition) is 7. The number of rotatable bonds is 8. The summed E-state index contributed by atoms with van der Waals surface area (Å²) in [6.07, 6.45) is 3.24. The lowest BCUT2D eigenvalue weighted by molar-refractivity contribution is -0.122. The Kier molecular flexibility index (Phi) is 6.86. The second-order valence-electron chi connectivity index (χ2n) is 8.33. The number of carbonyl (C=O) groups is 1. The highest BCUT2D eigenvalue weighted by atomic mass is 35.5. The zero-order valence-electron chi connectivity index (χ0n) is 18.9. The van der Waals surface area contributed by atoms with Gasteiger partial charge >= 0.3 is 0 Å². The number of amides is 1. The summed E-state index contributed by atoms with van der Waals surface area (Å²) < 4.78 is 34.0. The largest absolute Gasteiger partial charge is 0.416 e. The predicted molar refractivity (Wildman–Crippen MR) is 133 cm³/mol. The molecule has 2 N–H and O–H groups in total. The van der Waals surface area contributed by atoms with Crippen LogP contribution in [0.4, 0.5) is 11.4 Å². The summed E-state index contributed by atoms with van der Waals surface area (Å²) in [6.45, 7) is 3.44. The standard InChI is InChI=1S/C24H22ClN5O4S/c1-24(2,15-25)23(31)27-18-4-3-5-19(14-18)30-35(32,33)20-8-6-16(7-9-20)21-28-29-22(34-21)17-10-12-26-13-11-17/h3-14,30H,15H2,1-2H3,(H,27,31). The molecule has 180 valence electrons. The third-order valence-electron chi connectivity index (χ3n) is 5.09. The van der Waals surface area contributed by atoms with Crippen LogP contribution >= 0.6 is 11.6 Å². The SMILES string of the molecule is CC(C)(CCl)C(=O)Nc1cccc(NS(=O)(=O)c2ccc(-c3nnc(-c4ccncc4)o3)cc2)c1. The molecule has 4 rings (SSSR count).